The van der Waals surface area contributed by atoms with Crippen LogP contribution in [0.2, 0.25) is 0 Å². The summed E-state index contributed by atoms with van der Waals surface area (Å²) in [6.45, 7) is 3.74. The number of aliphatic carboxylic acids is 1. The van der Waals surface area contributed by atoms with E-state index in [9.17, 15) is 14.7 Å². The fourth-order valence-electron chi connectivity index (χ4n) is 2.60. The number of carboxylic acids is 1. The maximum atomic E-state index is 12.4. The van der Waals surface area contributed by atoms with Crippen LogP contribution in [0, 0.1) is 0 Å². The van der Waals surface area contributed by atoms with E-state index in [2.05, 4.69) is 5.32 Å². The number of amides is 1. The molecule has 23 heavy (non-hydrogen) atoms. The van der Waals surface area contributed by atoms with Crippen molar-refractivity contribution in [3.8, 4) is 0 Å². The van der Waals surface area contributed by atoms with Gasteiger partial charge in [-0.15, -0.1) is 11.3 Å². The number of carboxylic acid groups (broad SMARTS) is 1. The number of nitrogens with one attached hydrogen (secondary N) is 1. The summed E-state index contributed by atoms with van der Waals surface area (Å²) >= 11 is 1.52. The molecule has 0 saturated carbocycles. The number of carbonyl (C=O) groups excluding carboxylic acids is 1. The van der Waals surface area contributed by atoms with Crippen LogP contribution < -0.4 is 5.32 Å². The zero-order valence-electron chi connectivity index (χ0n) is 13.3. The van der Waals surface area contributed by atoms with Gasteiger partial charge in [0.1, 0.15) is 5.41 Å². The minimum atomic E-state index is -1.11. The molecule has 1 aromatic heterocycles. The van der Waals surface area contributed by atoms with Gasteiger partial charge in [0, 0.05) is 11.4 Å². The monoisotopic (exact) mass is 331 g/mol. The SMILES string of the molecule is CCC(CNC(=O)C(C)c1cccs1)(C(=O)O)c1ccccc1. The summed E-state index contributed by atoms with van der Waals surface area (Å²) in [6.07, 6.45) is 0.403. The van der Waals surface area contributed by atoms with Gasteiger partial charge in [-0.1, -0.05) is 43.3 Å². The van der Waals surface area contributed by atoms with E-state index >= 15 is 0 Å². The van der Waals surface area contributed by atoms with Crippen molar-refractivity contribution in [3.05, 3.63) is 58.3 Å². The average Bonchev–Trinajstić information content (AvgIpc) is 3.10. The Morgan fingerprint density at radius 1 is 1.22 bits per heavy atom. The molecule has 0 saturated heterocycles. The highest BCUT2D eigenvalue weighted by Gasteiger charge is 2.39. The van der Waals surface area contributed by atoms with E-state index in [1.165, 1.54) is 11.3 Å². The summed E-state index contributed by atoms with van der Waals surface area (Å²) < 4.78 is 0. The van der Waals surface area contributed by atoms with Crippen LogP contribution in [0.1, 0.15) is 36.6 Å². The molecule has 0 aliphatic heterocycles. The number of hydrogen-bond acceptors (Lipinski definition) is 3. The molecule has 122 valence electrons. The van der Waals surface area contributed by atoms with Crippen molar-refractivity contribution in [3.63, 3.8) is 0 Å². The molecular weight excluding hydrogens is 310 g/mol. The highest BCUT2D eigenvalue weighted by Crippen LogP contribution is 2.28. The van der Waals surface area contributed by atoms with Crippen molar-refractivity contribution < 1.29 is 14.7 Å². The molecule has 0 radical (unpaired) electrons. The third-order valence-electron chi connectivity index (χ3n) is 4.27. The first-order valence-electron chi connectivity index (χ1n) is 7.61. The number of thiophene rings is 1. The molecular formula is C18H21NO3S. The van der Waals surface area contributed by atoms with Crippen LogP contribution in [0.5, 0.6) is 0 Å². The minimum Gasteiger partial charge on any atom is -0.481 e. The van der Waals surface area contributed by atoms with E-state index in [1.807, 2.05) is 49.6 Å². The second-order valence-corrected chi connectivity index (χ2v) is 6.54. The van der Waals surface area contributed by atoms with Crippen molar-refractivity contribution >= 4 is 23.2 Å². The molecule has 1 heterocycles. The highest BCUT2D eigenvalue weighted by atomic mass is 32.1. The Labute approximate surface area is 140 Å². The Morgan fingerprint density at radius 3 is 2.43 bits per heavy atom. The van der Waals surface area contributed by atoms with E-state index in [0.717, 1.165) is 4.88 Å². The zero-order valence-corrected chi connectivity index (χ0v) is 14.1. The second kappa shape index (κ2) is 7.42. The van der Waals surface area contributed by atoms with Crippen molar-refractivity contribution in [1.29, 1.82) is 0 Å². The zero-order chi connectivity index (χ0) is 16.9. The first-order chi connectivity index (χ1) is 11.0. The van der Waals surface area contributed by atoms with Crippen molar-refractivity contribution in [2.75, 3.05) is 6.54 Å². The van der Waals surface area contributed by atoms with E-state index in [0.29, 0.717) is 12.0 Å². The van der Waals surface area contributed by atoms with Crippen LogP contribution in [-0.4, -0.2) is 23.5 Å². The minimum absolute atomic E-state index is 0.0807. The van der Waals surface area contributed by atoms with Gasteiger partial charge in [0.15, 0.2) is 0 Å². The van der Waals surface area contributed by atoms with Crippen LogP contribution in [0.3, 0.4) is 0 Å². The van der Waals surface area contributed by atoms with Gasteiger partial charge in [0.05, 0.1) is 5.92 Å². The lowest BCUT2D eigenvalue weighted by atomic mass is 9.78. The summed E-state index contributed by atoms with van der Waals surface area (Å²) in [5, 5.41) is 14.5. The molecule has 2 atom stereocenters. The Kier molecular flexibility index (Phi) is 5.55. The van der Waals surface area contributed by atoms with Gasteiger partial charge in [0.25, 0.3) is 0 Å². The normalized spacial score (nSPS) is 14.7. The summed E-state index contributed by atoms with van der Waals surface area (Å²) in [7, 11) is 0. The predicted octanol–water partition coefficient (Wildman–Crippen LogP) is 3.40. The van der Waals surface area contributed by atoms with Crippen molar-refractivity contribution in [2.45, 2.75) is 31.6 Å². The summed E-state index contributed by atoms with van der Waals surface area (Å²) in [5.41, 5.74) is -0.398. The topological polar surface area (TPSA) is 66.4 Å². The van der Waals surface area contributed by atoms with E-state index in [1.54, 1.807) is 12.1 Å². The maximum absolute atomic E-state index is 12.4. The summed E-state index contributed by atoms with van der Waals surface area (Å²) in [6, 6.07) is 12.9. The molecule has 0 aliphatic carbocycles. The predicted molar refractivity (Wildman–Crippen MR) is 91.8 cm³/mol. The summed E-state index contributed by atoms with van der Waals surface area (Å²) in [4.78, 5) is 25.2. The molecule has 4 nitrogen and oxygen atoms in total. The Hall–Kier alpha value is -2.14. The Morgan fingerprint density at radius 2 is 1.91 bits per heavy atom. The van der Waals surface area contributed by atoms with Crippen LogP contribution in [0.15, 0.2) is 47.8 Å². The number of benzene rings is 1. The Bertz CT molecular complexity index is 654. The quantitative estimate of drug-likeness (QED) is 0.817. The van der Waals surface area contributed by atoms with E-state index < -0.39 is 11.4 Å². The lowest BCUT2D eigenvalue weighted by molar-refractivity contribution is -0.144. The van der Waals surface area contributed by atoms with Gasteiger partial charge >= 0.3 is 5.97 Å². The van der Waals surface area contributed by atoms with Gasteiger partial charge in [0.2, 0.25) is 5.91 Å². The molecule has 2 unspecified atom stereocenters. The van der Waals surface area contributed by atoms with Gasteiger partial charge in [-0.3, -0.25) is 9.59 Å². The third kappa shape index (κ3) is 3.62. The van der Waals surface area contributed by atoms with Crippen molar-refractivity contribution in [2.24, 2.45) is 0 Å². The lowest BCUT2D eigenvalue weighted by Crippen LogP contribution is -2.47. The van der Waals surface area contributed by atoms with Gasteiger partial charge in [-0.05, 0) is 30.4 Å². The molecule has 0 spiro atoms. The number of carbonyl (C=O) groups is 2. The van der Waals surface area contributed by atoms with Crippen LogP contribution in [-0.2, 0) is 15.0 Å². The van der Waals surface area contributed by atoms with Crippen LogP contribution >= 0.6 is 11.3 Å². The average molecular weight is 331 g/mol. The van der Waals surface area contributed by atoms with Gasteiger partial charge in [-0.2, -0.15) is 0 Å². The first kappa shape index (κ1) is 17.2. The molecule has 1 aromatic carbocycles. The first-order valence-corrected chi connectivity index (χ1v) is 8.49. The highest BCUT2D eigenvalue weighted by molar-refractivity contribution is 7.10. The maximum Gasteiger partial charge on any atom is 0.315 e. The third-order valence-corrected chi connectivity index (χ3v) is 5.32. The Balaban J connectivity index is 2.16. The van der Waals surface area contributed by atoms with Crippen molar-refractivity contribution in [1.82, 2.24) is 5.32 Å². The fourth-order valence-corrected chi connectivity index (χ4v) is 3.38. The second-order valence-electron chi connectivity index (χ2n) is 5.56. The molecule has 5 heteroatoms. The summed E-state index contributed by atoms with van der Waals surface area (Å²) in [5.74, 6) is -1.35. The largest absolute Gasteiger partial charge is 0.481 e. The van der Waals surface area contributed by atoms with Crippen LogP contribution in [0.4, 0.5) is 0 Å². The van der Waals surface area contributed by atoms with Gasteiger partial charge in [-0.25, -0.2) is 0 Å². The molecule has 0 bridgehead atoms. The number of hydrogen-bond donors (Lipinski definition) is 2. The van der Waals surface area contributed by atoms with E-state index in [4.69, 9.17) is 0 Å². The van der Waals surface area contributed by atoms with Crippen LogP contribution in [0.25, 0.3) is 0 Å². The molecule has 2 N–H and O–H groups in total. The standard InChI is InChI=1S/C18H21NO3S/c1-3-18(17(21)22,14-8-5-4-6-9-14)12-19-16(20)13(2)15-10-7-11-23-15/h4-11,13H,3,12H2,1-2H3,(H,19,20)(H,21,22). The number of rotatable bonds is 7. The van der Waals surface area contributed by atoms with Gasteiger partial charge < -0.3 is 10.4 Å². The van der Waals surface area contributed by atoms with E-state index in [-0.39, 0.29) is 18.4 Å². The lowest BCUT2D eigenvalue weighted by Gasteiger charge is -2.29. The molecule has 2 rings (SSSR count). The fraction of sp³-hybridized carbons (Fsp3) is 0.333. The molecule has 1 amide bonds. The smallest absolute Gasteiger partial charge is 0.315 e. The molecule has 2 aromatic rings. The molecule has 0 aliphatic rings. The molecule has 0 fully saturated rings.